The third kappa shape index (κ3) is 4.17. The minimum atomic E-state index is -1.26. The lowest BCUT2D eigenvalue weighted by molar-refractivity contribution is -0.138. The van der Waals surface area contributed by atoms with Gasteiger partial charge in [-0.2, -0.15) is 10.2 Å². The highest BCUT2D eigenvalue weighted by Crippen LogP contribution is 2.29. The Kier molecular flexibility index (Phi) is 5.38. The standard InChI is InChI=1S/C23H17N3O6/c1-12(22(28)29)14-4-9-20-18(10-14)24-21(32-20)13-2-5-15(6-3-13)25-26-16-7-8-19(27)17(11-16)23(30)31/h2-12,27H,1H3,(H,28,29)(H,30,31). The number of hydrogen-bond acceptors (Lipinski definition) is 7. The van der Waals surface area contributed by atoms with Crippen molar-refractivity contribution in [1.82, 2.24) is 4.98 Å². The Hall–Kier alpha value is -4.53. The summed E-state index contributed by atoms with van der Waals surface area (Å²) in [5.74, 6) is -2.78. The molecule has 0 amide bonds. The van der Waals surface area contributed by atoms with Gasteiger partial charge in [0.15, 0.2) is 5.58 Å². The second kappa shape index (κ2) is 8.31. The van der Waals surface area contributed by atoms with E-state index in [0.717, 1.165) is 0 Å². The van der Waals surface area contributed by atoms with Gasteiger partial charge in [-0.3, -0.25) is 4.79 Å². The minimum absolute atomic E-state index is 0.256. The lowest BCUT2D eigenvalue weighted by atomic mass is 10.0. The van der Waals surface area contributed by atoms with Gasteiger partial charge in [0.25, 0.3) is 0 Å². The molecule has 0 spiro atoms. The van der Waals surface area contributed by atoms with Crippen LogP contribution in [0.5, 0.6) is 5.75 Å². The molecule has 32 heavy (non-hydrogen) atoms. The first-order valence-corrected chi connectivity index (χ1v) is 9.53. The molecule has 3 N–H and O–H groups in total. The molecule has 4 rings (SSSR count). The molecule has 0 saturated carbocycles. The third-order valence-corrected chi connectivity index (χ3v) is 4.89. The highest BCUT2D eigenvalue weighted by molar-refractivity contribution is 5.91. The maximum atomic E-state index is 11.2. The van der Waals surface area contributed by atoms with Crippen molar-refractivity contribution in [3.05, 3.63) is 71.8 Å². The molecule has 0 bridgehead atoms. The summed E-state index contributed by atoms with van der Waals surface area (Å²) in [5.41, 5.74) is 3.00. The zero-order valence-electron chi connectivity index (χ0n) is 16.8. The van der Waals surface area contributed by atoms with E-state index in [1.165, 1.54) is 18.2 Å². The van der Waals surface area contributed by atoms with Gasteiger partial charge in [-0.25, -0.2) is 9.78 Å². The quantitative estimate of drug-likeness (QED) is 0.342. The summed E-state index contributed by atoms with van der Waals surface area (Å²) in [4.78, 5) is 26.7. The van der Waals surface area contributed by atoms with Gasteiger partial charge in [0.1, 0.15) is 16.8 Å². The maximum absolute atomic E-state index is 11.2. The summed E-state index contributed by atoms with van der Waals surface area (Å²) in [7, 11) is 0. The Balaban J connectivity index is 1.55. The van der Waals surface area contributed by atoms with E-state index in [1.54, 1.807) is 49.4 Å². The smallest absolute Gasteiger partial charge is 0.339 e. The van der Waals surface area contributed by atoms with Crippen LogP contribution >= 0.6 is 0 Å². The van der Waals surface area contributed by atoms with Crippen molar-refractivity contribution in [3.63, 3.8) is 0 Å². The summed E-state index contributed by atoms with van der Waals surface area (Å²) in [6.07, 6.45) is 0. The first kappa shape index (κ1) is 20.7. The molecule has 3 aromatic carbocycles. The molecule has 1 aromatic heterocycles. The predicted molar refractivity (Wildman–Crippen MR) is 115 cm³/mol. The number of oxazole rings is 1. The molecule has 0 aliphatic heterocycles. The van der Waals surface area contributed by atoms with Crippen LogP contribution in [0, 0.1) is 0 Å². The number of aromatic hydroxyl groups is 1. The number of nitrogens with zero attached hydrogens (tertiary/aromatic N) is 3. The molecule has 0 saturated heterocycles. The SMILES string of the molecule is CC(C(=O)O)c1ccc2oc(-c3ccc(N=Nc4ccc(O)c(C(=O)O)c4)cc3)nc2c1. The number of carbonyl (C=O) groups is 2. The highest BCUT2D eigenvalue weighted by Gasteiger charge is 2.16. The fourth-order valence-electron chi connectivity index (χ4n) is 3.02. The second-order valence-electron chi connectivity index (χ2n) is 7.06. The molecule has 0 fully saturated rings. The molecule has 1 unspecified atom stereocenters. The van der Waals surface area contributed by atoms with Gasteiger partial charge < -0.3 is 19.7 Å². The molecule has 0 radical (unpaired) electrons. The van der Waals surface area contributed by atoms with Crippen LogP contribution in [-0.4, -0.2) is 32.2 Å². The van der Waals surface area contributed by atoms with Gasteiger partial charge in [0.05, 0.1) is 17.3 Å². The first-order chi connectivity index (χ1) is 15.3. The number of aliphatic carboxylic acids is 1. The lowest BCUT2D eigenvalue weighted by Crippen LogP contribution is -2.06. The van der Waals surface area contributed by atoms with Crippen LogP contribution in [0.3, 0.4) is 0 Å². The Labute approximate surface area is 181 Å². The molecule has 0 aliphatic carbocycles. The van der Waals surface area contributed by atoms with Crippen LogP contribution in [0.2, 0.25) is 0 Å². The number of benzene rings is 3. The number of aromatic nitrogens is 1. The van der Waals surface area contributed by atoms with Crippen molar-refractivity contribution < 1.29 is 29.3 Å². The summed E-state index contributed by atoms with van der Waals surface area (Å²) in [5, 5.41) is 35.9. The Morgan fingerprint density at radius 2 is 1.62 bits per heavy atom. The van der Waals surface area contributed by atoms with Crippen LogP contribution in [-0.2, 0) is 4.79 Å². The van der Waals surface area contributed by atoms with Gasteiger partial charge in [-0.15, -0.1) is 0 Å². The van der Waals surface area contributed by atoms with E-state index < -0.39 is 17.9 Å². The molecule has 1 atom stereocenters. The summed E-state index contributed by atoms with van der Waals surface area (Å²) < 4.78 is 5.77. The Morgan fingerprint density at radius 3 is 2.31 bits per heavy atom. The topological polar surface area (TPSA) is 146 Å². The third-order valence-electron chi connectivity index (χ3n) is 4.89. The van der Waals surface area contributed by atoms with Crippen LogP contribution in [0.15, 0.2) is 75.3 Å². The molecule has 1 heterocycles. The van der Waals surface area contributed by atoms with Crippen molar-refractivity contribution in [2.75, 3.05) is 0 Å². The van der Waals surface area contributed by atoms with Gasteiger partial charge in [-0.1, -0.05) is 6.07 Å². The summed E-state index contributed by atoms with van der Waals surface area (Å²) in [6.45, 7) is 1.61. The fourth-order valence-corrected chi connectivity index (χ4v) is 3.02. The number of carboxylic acid groups (broad SMARTS) is 2. The zero-order valence-corrected chi connectivity index (χ0v) is 16.8. The van der Waals surface area contributed by atoms with Crippen molar-refractivity contribution in [1.29, 1.82) is 0 Å². The van der Waals surface area contributed by atoms with E-state index in [9.17, 15) is 19.8 Å². The van der Waals surface area contributed by atoms with Crippen molar-refractivity contribution in [2.24, 2.45) is 10.2 Å². The number of azo groups is 1. The van der Waals surface area contributed by atoms with Crippen molar-refractivity contribution in [3.8, 4) is 17.2 Å². The Bertz CT molecular complexity index is 1360. The van der Waals surface area contributed by atoms with Crippen LogP contribution in [0.25, 0.3) is 22.6 Å². The van der Waals surface area contributed by atoms with E-state index in [1.807, 2.05) is 0 Å². The number of rotatable bonds is 6. The summed E-state index contributed by atoms with van der Waals surface area (Å²) >= 11 is 0. The number of carboxylic acids is 2. The number of fused-ring (bicyclic) bond motifs is 1. The van der Waals surface area contributed by atoms with E-state index in [4.69, 9.17) is 9.52 Å². The molecule has 4 aromatic rings. The molecule has 160 valence electrons. The maximum Gasteiger partial charge on any atom is 0.339 e. The first-order valence-electron chi connectivity index (χ1n) is 9.53. The van der Waals surface area contributed by atoms with E-state index in [0.29, 0.717) is 33.8 Å². The van der Waals surface area contributed by atoms with Crippen LogP contribution < -0.4 is 0 Å². The lowest BCUT2D eigenvalue weighted by Gasteiger charge is -2.04. The molecule has 0 aliphatic rings. The number of phenols is 1. The average Bonchev–Trinajstić information content (AvgIpc) is 3.21. The van der Waals surface area contributed by atoms with Crippen molar-refractivity contribution >= 4 is 34.4 Å². The van der Waals surface area contributed by atoms with Crippen LogP contribution in [0.4, 0.5) is 11.4 Å². The normalized spacial score (nSPS) is 12.3. The average molecular weight is 431 g/mol. The van der Waals surface area contributed by atoms with Crippen molar-refractivity contribution in [2.45, 2.75) is 12.8 Å². The monoisotopic (exact) mass is 431 g/mol. The second-order valence-corrected chi connectivity index (χ2v) is 7.06. The zero-order chi connectivity index (χ0) is 22.8. The number of aromatic carboxylic acids is 1. The highest BCUT2D eigenvalue weighted by atomic mass is 16.4. The van der Waals surface area contributed by atoms with E-state index in [-0.39, 0.29) is 17.0 Å². The van der Waals surface area contributed by atoms with E-state index in [2.05, 4.69) is 15.2 Å². The Morgan fingerprint density at radius 1 is 0.938 bits per heavy atom. The van der Waals surface area contributed by atoms with E-state index >= 15 is 0 Å². The van der Waals surface area contributed by atoms with Gasteiger partial charge in [-0.05, 0) is 67.1 Å². The van der Waals surface area contributed by atoms with Crippen LogP contribution in [0.1, 0.15) is 28.8 Å². The molecular weight excluding hydrogens is 414 g/mol. The molecule has 9 heteroatoms. The minimum Gasteiger partial charge on any atom is -0.507 e. The molecular formula is C23H17N3O6. The predicted octanol–water partition coefficient (Wildman–Crippen LogP) is 5.50. The van der Waals surface area contributed by atoms with Gasteiger partial charge in [0.2, 0.25) is 5.89 Å². The van der Waals surface area contributed by atoms with Gasteiger partial charge >= 0.3 is 11.9 Å². The van der Waals surface area contributed by atoms with Gasteiger partial charge in [0, 0.05) is 5.56 Å². The largest absolute Gasteiger partial charge is 0.507 e. The fraction of sp³-hybridized carbons (Fsp3) is 0.0870. The molecule has 9 nitrogen and oxygen atoms in total. The number of hydrogen-bond donors (Lipinski definition) is 3. The summed E-state index contributed by atoms with van der Waals surface area (Å²) in [6, 6.07) is 15.9.